The summed E-state index contributed by atoms with van der Waals surface area (Å²) in [7, 11) is -2.52. The lowest BCUT2D eigenvalue weighted by Gasteiger charge is -2.26. The van der Waals surface area contributed by atoms with Crippen molar-refractivity contribution in [2.75, 3.05) is 36.4 Å². The standard InChI is InChI=1S/C27H31N3O5S/c1-4-21-9-5-8-12-25(21)30(36(33,34)22-15-13-20(2)14-16-22)19-26(31)29-24-11-7-6-10-23(24)27(32)28-17-18-35-3/h5-16H,4,17-19H2,1-3H3,(H,28,32)(H,29,31). The normalized spacial score (nSPS) is 11.1. The molecule has 0 spiro atoms. The van der Waals surface area contributed by atoms with Crippen LogP contribution >= 0.6 is 0 Å². The molecule has 0 fully saturated rings. The highest BCUT2D eigenvalue weighted by atomic mass is 32.2. The molecule has 2 N–H and O–H groups in total. The van der Waals surface area contributed by atoms with Crippen molar-refractivity contribution in [1.82, 2.24) is 5.32 Å². The second kappa shape index (κ2) is 12.3. The van der Waals surface area contributed by atoms with Crippen LogP contribution in [0.3, 0.4) is 0 Å². The number of rotatable bonds is 11. The minimum atomic E-state index is -4.05. The molecule has 0 atom stereocenters. The topological polar surface area (TPSA) is 105 Å². The Morgan fingerprint density at radius 1 is 0.944 bits per heavy atom. The van der Waals surface area contributed by atoms with Crippen molar-refractivity contribution < 1.29 is 22.7 Å². The number of hydrogen-bond donors (Lipinski definition) is 2. The summed E-state index contributed by atoms with van der Waals surface area (Å²) in [5, 5.41) is 5.44. The van der Waals surface area contributed by atoms with E-state index in [0.717, 1.165) is 15.4 Å². The van der Waals surface area contributed by atoms with E-state index in [-0.39, 0.29) is 22.1 Å². The number of para-hydroxylation sites is 2. The molecule has 0 radical (unpaired) electrons. The number of sulfonamides is 1. The van der Waals surface area contributed by atoms with Crippen LogP contribution in [0.1, 0.15) is 28.4 Å². The number of carbonyl (C=O) groups is 2. The lowest BCUT2D eigenvalue weighted by atomic mass is 10.1. The molecule has 36 heavy (non-hydrogen) atoms. The van der Waals surface area contributed by atoms with Gasteiger partial charge in [0.25, 0.3) is 15.9 Å². The molecule has 3 aromatic rings. The second-order valence-electron chi connectivity index (χ2n) is 8.15. The zero-order chi connectivity index (χ0) is 26.1. The predicted molar refractivity (Wildman–Crippen MR) is 141 cm³/mol. The number of methoxy groups -OCH3 is 1. The molecule has 0 heterocycles. The Kier molecular flexibility index (Phi) is 9.21. The minimum absolute atomic E-state index is 0.0877. The lowest BCUT2D eigenvalue weighted by Crippen LogP contribution is -2.39. The number of nitrogens with zero attached hydrogens (tertiary/aromatic N) is 1. The highest BCUT2D eigenvalue weighted by Crippen LogP contribution is 2.28. The minimum Gasteiger partial charge on any atom is -0.383 e. The average molecular weight is 510 g/mol. The van der Waals surface area contributed by atoms with E-state index in [2.05, 4.69) is 10.6 Å². The molecule has 0 aromatic heterocycles. The smallest absolute Gasteiger partial charge is 0.264 e. The highest BCUT2D eigenvalue weighted by molar-refractivity contribution is 7.92. The van der Waals surface area contributed by atoms with Gasteiger partial charge in [-0.15, -0.1) is 0 Å². The second-order valence-corrected chi connectivity index (χ2v) is 10.0. The molecular weight excluding hydrogens is 478 g/mol. The summed E-state index contributed by atoms with van der Waals surface area (Å²) >= 11 is 0. The van der Waals surface area contributed by atoms with E-state index in [9.17, 15) is 18.0 Å². The largest absolute Gasteiger partial charge is 0.383 e. The van der Waals surface area contributed by atoms with Crippen molar-refractivity contribution >= 4 is 33.2 Å². The van der Waals surface area contributed by atoms with E-state index >= 15 is 0 Å². The maximum absolute atomic E-state index is 13.7. The van der Waals surface area contributed by atoms with E-state index in [4.69, 9.17) is 4.74 Å². The fourth-order valence-corrected chi connectivity index (χ4v) is 5.12. The summed E-state index contributed by atoms with van der Waals surface area (Å²) in [6.07, 6.45) is 0.586. The molecule has 0 unspecified atom stereocenters. The summed E-state index contributed by atoms with van der Waals surface area (Å²) in [4.78, 5) is 25.9. The van der Waals surface area contributed by atoms with Crippen LogP contribution < -0.4 is 14.9 Å². The molecular formula is C27H31N3O5S. The van der Waals surface area contributed by atoms with Crippen LogP contribution in [-0.2, 0) is 26.0 Å². The van der Waals surface area contributed by atoms with Gasteiger partial charge in [-0.05, 0) is 49.2 Å². The molecule has 2 amide bonds. The van der Waals surface area contributed by atoms with E-state index in [1.54, 1.807) is 48.5 Å². The fraction of sp³-hybridized carbons (Fsp3) is 0.259. The Balaban J connectivity index is 1.92. The molecule has 0 aliphatic heterocycles. The summed E-state index contributed by atoms with van der Waals surface area (Å²) in [5.41, 5.74) is 2.70. The number of benzene rings is 3. The molecule has 0 aliphatic rings. The van der Waals surface area contributed by atoms with Crippen LogP contribution in [-0.4, -0.2) is 47.0 Å². The van der Waals surface area contributed by atoms with Gasteiger partial charge in [0, 0.05) is 13.7 Å². The van der Waals surface area contributed by atoms with Crippen LogP contribution in [0.4, 0.5) is 11.4 Å². The Morgan fingerprint density at radius 2 is 1.61 bits per heavy atom. The number of hydrogen-bond acceptors (Lipinski definition) is 5. The summed E-state index contributed by atoms with van der Waals surface area (Å²) in [5.74, 6) is -0.947. The number of amides is 2. The summed E-state index contributed by atoms with van der Waals surface area (Å²) < 4.78 is 33.5. The van der Waals surface area contributed by atoms with Crippen molar-refractivity contribution in [2.45, 2.75) is 25.2 Å². The van der Waals surface area contributed by atoms with Crippen molar-refractivity contribution in [3.63, 3.8) is 0 Å². The Hall–Kier alpha value is -3.69. The van der Waals surface area contributed by atoms with Gasteiger partial charge < -0.3 is 15.4 Å². The van der Waals surface area contributed by atoms with Crippen LogP contribution in [0.15, 0.2) is 77.7 Å². The predicted octanol–water partition coefficient (Wildman–Crippen LogP) is 3.77. The number of ether oxygens (including phenoxy) is 1. The van der Waals surface area contributed by atoms with Gasteiger partial charge in [-0.1, -0.05) is 55.0 Å². The summed E-state index contributed by atoms with van der Waals surface area (Å²) in [6, 6.07) is 20.2. The zero-order valence-electron chi connectivity index (χ0n) is 20.7. The first-order valence-electron chi connectivity index (χ1n) is 11.6. The molecule has 0 saturated heterocycles. The number of aryl methyl sites for hydroxylation is 2. The van der Waals surface area contributed by atoms with Gasteiger partial charge >= 0.3 is 0 Å². The quantitative estimate of drug-likeness (QED) is 0.383. The molecule has 8 nitrogen and oxygen atoms in total. The Labute approximate surface area is 212 Å². The van der Waals surface area contributed by atoms with E-state index < -0.39 is 22.5 Å². The van der Waals surface area contributed by atoms with Crippen molar-refractivity contribution in [1.29, 1.82) is 0 Å². The van der Waals surface area contributed by atoms with Gasteiger partial charge in [-0.3, -0.25) is 13.9 Å². The number of carbonyl (C=O) groups excluding carboxylic acids is 2. The number of anilines is 2. The first-order valence-corrected chi connectivity index (χ1v) is 13.0. The molecule has 3 rings (SSSR count). The lowest BCUT2D eigenvalue weighted by molar-refractivity contribution is -0.114. The molecule has 0 saturated carbocycles. The van der Waals surface area contributed by atoms with E-state index in [1.807, 2.05) is 26.0 Å². The third-order valence-corrected chi connectivity index (χ3v) is 7.35. The van der Waals surface area contributed by atoms with Crippen LogP contribution in [0.25, 0.3) is 0 Å². The first-order chi connectivity index (χ1) is 17.3. The van der Waals surface area contributed by atoms with Gasteiger partial charge in [0.05, 0.1) is 28.4 Å². The Bertz CT molecular complexity index is 1310. The van der Waals surface area contributed by atoms with Gasteiger partial charge in [0.1, 0.15) is 6.54 Å². The highest BCUT2D eigenvalue weighted by Gasteiger charge is 2.29. The van der Waals surface area contributed by atoms with Crippen molar-refractivity contribution in [2.24, 2.45) is 0 Å². The maximum atomic E-state index is 13.7. The van der Waals surface area contributed by atoms with Gasteiger partial charge in [-0.25, -0.2) is 8.42 Å². The van der Waals surface area contributed by atoms with Gasteiger partial charge in [0.15, 0.2) is 0 Å². The number of nitrogens with one attached hydrogen (secondary N) is 2. The monoisotopic (exact) mass is 509 g/mol. The molecule has 0 aliphatic carbocycles. The SMILES string of the molecule is CCc1ccccc1N(CC(=O)Nc1ccccc1C(=O)NCCOC)S(=O)(=O)c1ccc(C)cc1. The summed E-state index contributed by atoms with van der Waals surface area (Å²) in [6.45, 7) is 3.99. The van der Waals surface area contributed by atoms with Crippen molar-refractivity contribution in [3.8, 4) is 0 Å². The van der Waals surface area contributed by atoms with E-state index in [0.29, 0.717) is 25.3 Å². The molecule has 0 bridgehead atoms. The fourth-order valence-electron chi connectivity index (χ4n) is 3.66. The first kappa shape index (κ1) is 26.9. The van der Waals surface area contributed by atoms with Gasteiger partial charge in [0.2, 0.25) is 5.91 Å². The van der Waals surface area contributed by atoms with Crippen LogP contribution in [0.5, 0.6) is 0 Å². The molecule has 9 heteroatoms. The maximum Gasteiger partial charge on any atom is 0.264 e. The van der Waals surface area contributed by atoms with Gasteiger partial charge in [-0.2, -0.15) is 0 Å². The van der Waals surface area contributed by atoms with Crippen LogP contribution in [0.2, 0.25) is 0 Å². The van der Waals surface area contributed by atoms with Crippen LogP contribution in [0, 0.1) is 6.92 Å². The zero-order valence-corrected chi connectivity index (χ0v) is 21.5. The molecule has 3 aromatic carbocycles. The Morgan fingerprint density at radius 3 is 2.31 bits per heavy atom. The van der Waals surface area contributed by atoms with Crippen molar-refractivity contribution in [3.05, 3.63) is 89.5 Å². The van der Waals surface area contributed by atoms with E-state index in [1.165, 1.54) is 19.2 Å². The third kappa shape index (κ3) is 6.50. The average Bonchev–Trinajstić information content (AvgIpc) is 2.88. The molecule has 190 valence electrons. The third-order valence-electron chi connectivity index (χ3n) is 5.57.